The molecule has 0 spiro atoms. The normalized spacial score (nSPS) is 23.5. The molecule has 8 nitrogen and oxygen atoms in total. The minimum Gasteiger partial charge on any atom is -0.480 e. The number of thioether (sulfide) groups is 1. The van der Waals surface area contributed by atoms with Gasteiger partial charge in [-0.25, -0.2) is 18.5 Å². The quantitative estimate of drug-likeness (QED) is 0.159. The number of carbonyl (C=O) groups excluding carboxylic acids is 1. The number of rotatable bonds is 9. The monoisotopic (exact) mass is 709 g/mol. The molecule has 1 N–H and O–H groups in total. The van der Waals surface area contributed by atoms with Gasteiger partial charge in [-0.15, -0.1) is 0 Å². The van der Waals surface area contributed by atoms with Crippen LogP contribution in [0.1, 0.15) is 50.9 Å². The van der Waals surface area contributed by atoms with Crippen molar-refractivity contribution in [3.05, 3.63) is 63.6 Å². The zero-order valence-electron chi connectivity index (χ0n) is 25.9. The number of carbonyl (C=O) groups is 2. The highest BCUT2D eigenvalue weighted by atomic mass is 79.9. The van der Waals surface area contributed by atoms with E-state index < -0.39 is 53.6 Å². The van der Waals surface area contributed by atoms with Gasteiger partial charge in [-0.2, -0.15) is 0 Å². The number of halogens is 3. The van der Waals surface area contributed by atoms with E-state index in [1.165, 1.54) is 41.4 Å². The SMILES string of the molecule is CC(C)(C)OC(=O)N(COCC[Si](C)(C)C)C1=NC(C)(c2cc(C=C(F)c3ccc(Br)cn3)ccc2F)C2CC2(C(=O)O)S1. The highest BCUT2D eigenvalue weighted by Gasteiger charge is 2.72. The molecule has 1 aliphatic heterocycles. The van der Waals surface area contributed by atoms with Crippen LogP contribution in [0.3, 0.4) is 0 Å². The Balaban J connectivity index is 1.76. The number of aliphatic carboxylic acids is 1. The summed E-state index contributed by atoms with van der Waals surface area (Å²) in [6.45, 7) is 13.6. The van der Waals surface area contributed by atoms with Crippen LogP contribution in [0.25, 0.3) is 11.9 Å². The fourth-order valence-electron chi connectivity index (χ4n) is 4.91. The van der Waals surface area contributed by atoms with Crippen molar-refractivity contribution in [1.82, 2.24) is 9.88 Å². The number of aliphatic imine (C=N–C) groups is 1. The Bertz CT molecular complexity index is 1490. The average molecular weight is 711 g/mol. The molecule has 2 aromatic rings. The fourth-order valence-corrected chi connectivity index (χ4v) is 7.41. The number of carboxylic acid groups (broad SMARTS) is 1. The van der Waals surface area contributed by atoms with Crippen molar-refractivity contribution in [2.45, 2.75) is 75.7 Å². The lowest BCUT2D eigenvalue weighted by atomic mass is 9.84. The van der Waals surface area contributed by atoms with E-state index in [1.54, 1.807) is 33.8 Å². The van der Waals surface area contributed by atoms with Gasteiger partial charge >= 0.3 is 12.1 Å². The Hall–Kier alpha value is -2.61. The van der Waals surface area contributed by atoms with E-state index in [-0.39, 0.29) is 29.6 Å². The molecule has 2 heterocycles. The van der Waals surface area contributed by atoms with Gasteiger partial charge in [0.15, 0.2) is 5.17 Å². The molecule has 0 radical (unpaired) electrons. The zero-order valence-corrected chi connectivity index (χ0v) is 29.3. The van der Waals surface area contributed by atoms with Crippen LogP contribution in [0.15, 0.2) is 46.0 Å². The standard InChI is InChI=1S/C31H38BrF2N3O5SSi/c1-29(2,3)42-28(40)37(18-41-12-13-44(5,6)7)27-36-30(4,25-16-31(25,43-27)26(38)39)21-14-19(8-10-22(21)33)15-23(34)24-11-9-20(32)17-35-24/h8-11,14-15,17,25H,12-13,16,18H2,1-7H3,(H,38,39). The van der Waals surface area contributed by atoms with Gasteiger partial charge in [0.05, 0.1) is 11.2 Å². The Labute approximate surface area is 270 Å². The van der Waals surface area contributed by atoms with E-state index in [2.05, 4.69) is 40.6 Å². The summed E-state index contributed by atoms with van der Waals surface area (Å²) in [6, 6.07) is 8.14. The Morgan fingerprint density at radius 2 is 1.95 bits per heavy atom. The maximum absolute atomic E-state index is 15.6. The summed E-state index contributed by atoms with van der Waals surface area (Å²) < 4.78 is 41.6. The topological polar surface area (TPSA) is 101 Å². The molecule has 0 saturated heterocycles. The number of aromatic nitrogens is 1. The van der Waals surface area contributed by atoms with Gasteiger partial charge in [0.25, 0.3) is 0 Å². The summed E-state index contributed by atoms with van der Waals surface area (Å²) in [5.74, 6) is -2.91. The van der Waals surface area contributed by atoms with E-state index in [0.717, 1.165) is 17.8 Å². The third-order valence-electron chi connectivity index (χ3n) is 7.41. The number of pyridine rings is 1. The summed E-state index contributed by atoms with van der Waals surface area (Å²) in [7, 11) is -1.43. The molecule has 4 rings (SSSR count). The van der Waals surface area contributed by atoms with Crippen molar-refractivity contribution in [1.29, 1.82) is 0 Å². The predicted octanol–water partition coefficient (Wildman–Crippen LogP) is 8.16. The molecule has 1 amide bonds. The number of fused-ring (bicyclic) bond motifs is 1. The molecule has 1 aliphatic carbocycles. The molecule has 3 atom stereocenters. The van der Waals surface area contributed by atoms with Crippen molar-refractivity contribution in [2.75, 3.05) is 13.3 Å². The molecule has 2 aliphatic rings. The first-order valence-corrected chi connectivity index (χ1v) is 19.6. The zero-order chi connectivity index (χ0) is 32.7. The van der Waals surface area contributed by atoms with Crippen LogP contribution in [0.5, 0.6) is 0 Å². The number of carboxylic acids is 1. The Morgan fingerprint density at radius 1 is 1.25 bits per heavy atom. The van der Waals surface area contributed by atoms with E-state index in [9.17, 15) is 14.7 Å². The van der Waals surface area contributed by atoms with Crippen molar-refractivity contribution < 1.29 is 33.0 Å². The van der Waals surface area contributed by atoms with E-state index >= 15 is 8.78 Å². The summed E-state index contributed by atoms with van der Waals surface area (Å²) in [5.41, 5.74) is -1.69. The summed E-state index contributed by atoms with van der Waals surface area (Å²) in [4.78, 5) is 36.2. The molecule has 1 aromatic heterocycles. The fraction of sp³-hybridized carbons (Fsp3) is 0.484. The first kappa shape index (κ1) is 34.3. The molecule has 1 saturated carbocycles. The lowest BCUT2D eigenvalue weighted by Gasteiger charge is -2.37. The molecule has 44 heavy (non-hydrogen) atoms. The van der Waals surface area contributed by atoms with Crippen LogP contribution in [-0.4, -0.2) is 64.0 Å². The summed E-state index contributed by atoms with van der Waals surface area (Å²) in [6.07, 6.45) is 2.16. The van der Waals surface area contributed by atoms with E-state index in [4.69, 9.17) is 14.5 Å². The van der Waals surface area contributed by atoms with Gasteiger partial charge in [-0.1, -0.05) is 37.5 Å². The molecule has 13 heteroatoms. The first-order valence-electron chi connectivity index (χ1n) is 14.2. The summed E-state index contributed by atoms with van der Waals surface area (Å²) in [5, 5.41) is 10.4. The molecular weight excluding hydrogens is 672 g/mol. The largest absolute Gasteiger partial charge is 0.480 e. The van der Waals surface area contributed by atoms with Gasteiger partial charge in [0.2, 0.25) is 0 Å². The number of benzene rings is 1. The van der Waals surface area contributed by atoms with Gasteiger partial charge in [-0.05, 0) is 92.0 Å². The number of amidine groups is 1. The van der Waals surface area contributed by atoms with Gasteiger partial charge < -0.3 is 14.6 Å². The summed E-state index contributed by atoms with van der Waals surface area (Å²) >= 11 is 4.23. The van der Waals surface area contributed by atoms with Crippen LogP contribution in [-0.2, 0) is 19.8 Å². The first-order chi connectivity index (χ1) is 20.3. The van der Waals surface area contributed by atoms with E-state index in [0.29, 0.717) is 16.6 Å². The number of hydrogen-bond acceptors (Lipinski definition) is 7. The van der Waals surface area contributed by atoms with Crippen LogP contribution < -0.4 is 0 Å². The van der Waals surface area contributed by atoms with Crippen molar-refractivity contribution in [3.8, 4) is 0 Å². The van der Waals surface area contributed by atoms with E-state index in [1.807, 2.05) is 0 Å². The molecular formula is C31H38BrF2N3O5SSi. The number of nitrogens with zero attached hydrogens (tertiary/aromatic N) is 3. The second-order valence-electron chi connectivity index (χ2n) is 13.4. The second kappa shape index (κ2) is 12.6. The second-order valence-corrected chi connectivity index (χ2v) is 21.3. The Kier molecular flexibility index (Phi) is 9.85. The molecule has 238 valence electrons. The molecule has 3 unspecified atom stereocenters. The number of ether oxygens (including phenoxy) is 2. The molecule has 0 bridgehead atoms. The van der Waals surface area contributed by atoms with Gasteiger partial charge in [-0.3, -0.25) is 14.8 Å². The highest BCUT2D eigenvalue weighted by Crippen LogP contribution is 2.66. The van der Waals surface area contributed by atoms with Gasteiger partial charge in [0.1, 0.15) is 28.7 Å². The minimum absolute atomic E-state index is 0.0662. The Morgan fingerprint density at radius 3 is 2.55 bits per heavy atom. The molecule has 1 fully saturated rings. The van der Waals surface area contributed by atoms with Gasteiger partial charge in [0, 0.05) is 36.8 Å². The number of amides is 1. The van der Waals surface area contributed by atoms with Crippen molar-refractivity contribution >= 4 is 64.9 Å². The third-order valence-corrected chi connectivity index (χ3v) is 11.1. The van der Waals surface area contributed by atoms with Crippen LogP contribution in [0.2, 0.25) is 25.7 Å². The van der Waals surface area contributed by atoms with Crippen LogP contribution in [0.4, 0.5) is 13.6 Å². The maximum atomic E-state index is 15.6. The smallest absolute Gasteiger partial charge is 0.418 e. The predicted molar refractivity (Wildman–Crippen MR) is 175 cm³/mol. The maximum Gasteiger partial charge on any atom is 0.418 e. The lowest BCUT2D eigenvalue weighted by molar-refractivity contribution is -0.137. The third kappa shape index (κ3) is 7.78. The van der Waals surface area contributed by atoms with Crippen LogP contribution in [0, 0.1) is 11.7 Å². The number of hydrogen-bond donors (Lipinski definition) is 1. The van der Waals surface area contributed by atoms with Crippen molar-refractivity contribution in [3.63, 3.8) is 0 Å². The average Bonchev–Trinajstić information content (AvgIpc) is 3.66. The molecule has 1 aromatic carbocycles. The van der Waals surface area contributed by atoms with Crippen molar-refractivity contribution in [2.24, 2.45) is 10.9 Å². The lowest BCUT2D eigenvalue weighted by Crippen LogP contribution is -2.47. The minimum atomic E-state index is -1.43. The highest BCUT2D eigenvalue weighted by molar-refractivity contribution is 9.10. The van der Waals surface area contributed by atoms with Crippen LogP contribution >= 0.6 is 27.7 Å².